The van der Waals surface area contributed by atoms with Gasteiger partial charge in [0.05, 0.1) is 0 Å². The Kier molecular flexibility index (Phi) is 4.58. The van der Waals surface area contributed by atoms with E-state index in [9.17, 15) is 4.79 Å². The van der Waals surface area contributed by atoms with Crippen LogP contribution in [-0.4, -0.2) is 28.0 Å². The van der Waals surface area contributed by atoms with Crippen LogP contribution in [0.2, 0.25) is 0 Å². The predicted molar refractivity (Wildman–Crippen MR) is 103 cm³/mol. The molecule has 2 atom stereocenters. The summed E-state index contributed by atoms with van der Waals surface area (Å²) in [5.41, 5.74) is 3.90. The van der Waals surface area contributed by atoms with Gasteiger partial charge in [-0.2, -0.15) is 0 Å². The van der Waals surface area contributed by atoms with E-state index in [4.69, 9.17) is 0 Å². The Morgan fingerprint density at radius 2 is 1.96 bits per heavy atom. The van der Waals surface area contributed by atoms with Crippen LogP contribution < -0.4 is 0 Å². The largest absolute Gasteiger partial charge is 0.350 e. The zero-order valence-electron chi connectivity index (χ0n) is 15.6. The Labute approximate surface area is 151 Å². The van der Waals surface area contributed by atoms with E-state index in [1.165, 1.54) is 60.6 Å². The van der Waals surface area contributed by atoms with Crippen molar-refractivity contribution in [2.75, 3.05) is 6.54 Å². The molecule has 1 amide bonds. The highest BCUT2D eigenvalue weighted by molar-refractivity contribution is 5.88. The number of piperidine rings is 1. The van der Waals surface area contributed by atoms with Gasteiger partial charge in [0.15, 0.2) is 0 Å². The minimum Gasteiger partial charge on any atom is -0.350 e. The van der Waals surface area contributed by atoms with Crippen molar-refractivity contribution in [2.24, 2.45) is 13.0 Å². The van der Waals surface area contributed by atoms with E-state index in [1.807, 2.05) is 0 Å². The molecule has 2 heterocycles. The standard InChI is InChI=1S/C22H30N2O/c1-16-7-5-11-20-22(16)18(15-23(20)2)12-13-21(25)24-14-6-9-17-8-3-4-10-19(17)24/h5,7,11,15,17,19H,3-4,6,8-10,12-14H2,1-2H3. The van der Waals surface area contributed by atoms with Crippen molar-refractivity contribution in [3.8, 4) is 0 Å². The molecule has 0 radical (unpaired) electrons. The molecule has 1 aliphatic carbocycles. The number of amides is 1. The van der Waals surface area contributed by atoms with Crippen molar-refractivity contribution >= 4 is 16.8 Å². The smallest absolute Gasteiger partial charge is 0.223 e. The van der Waals surface area contributed by atoms with Gasteiger partial charge in [-0.15, -0.1) is 0 Å². The Bertz CT molecular complexity index is 774. The van der Waals surface area contributed by atoms with Gasteiger partial charge in [0.1, 0.15) is 0 Å². The third kappa shape index (κ3) is 3.09. The van der Waals surface area contributed by atoms with E-state index in [1.54, 1.807) is 0 Å². The molecule has 3 nitrogen and oxygen atoms in total. The molecule has 4 rings (SSSR count). The highest BCUT2D eigenvalue weighted by Crippen LogP contribution is 2.35. The molecule has 2 fully saturated rings. The number of hydrogen-bond acceptors (Lipinski definition) is 1. The monoisotopic (exact) mass is 338 g/mol. The van der Waals surface area contributed by atoms with E-state index in [-0.39, 0.29) is 0 Å². The van der Waals surface area contributed by atoms with E-state index in [0.29, 0.717) is 18.4 Å². The van der Waals surface area contributed by atoms with E-state index < -0.39 is 0 Å². The summed E-state index contributed by atoms with van der Waals surface area (Å²) in [7, 11) is 2.10. The van der Waals surface area contributed by atoms with Crippen LogP contribution in [0.25, 0.3) is 10.9 Å². The number of fused-ring (bicyclic) bond motifs is 2. The van der Waals surface area contributed by atoms with E-state index in [2.05, 4.69) is 47.8 Å². The number of carbonyl (C=O) groups is 1. The normalized spacial score (nSPS) is 23.7. The number of aromatic nitrogens is 1. The van der Waals surface area contributed by atoms with Crippen LogP contribution in [0.4, 0.5) is 0 Å². The maximum Gasteiger partial charge on any atom is 0.223 e. The number of benzene rings is 1. The van der Waals surface area contributed by atoms with Gasteiger partial charge >= 0.3 is 0 Å². The van der Waals surface area contributed by atoms with Crippen molar-refractivity contribution in [1.82, 2.24) is 9.47 Å². The molecule has 3 heteroatoms. The van der Waals surface area contributed by atoms with Gasteiger partial charge in [0.25, 0.3) is 0 Å². The molecule has 25 heavy (non-hydrogen) atoms. The number of rotatable bonds is 3. The summed E-state index contributed by atoms with van der Waals surface area (Å²) in [4.78, 5) is 15.2. The molecule has 1 saturated carbocycles. The second-order valence-corrected chi connectivity index (χ2v) is 8.08. The SMILES string of the molecule is Cc1cccc2c1c(CCC(=O)N1CCCC3CCCCC31)cn2C. The van der Waals surface area contributed by atoms with Crippen molar-refractivity contribution in [1.29, 1.82) is 0 Å². The predicted octanol–water partition coefficient (Wildman–Crippen LogP) is 4.60. The molecule has 1 aromatic carbocycles. The van der Waals surface area contributed by atoms with Crippen molar-refractivity contribution < 1.29 is 4.79 Å². The average molecular weight is 338 g/mol. The van der Waals surface area contributed by atoms with Gasteiger partial charge in [-0.25, -0.2) is 0 Å². The van der Waals surface area contributed by atoms with Gasteiger partial charge < -0.3 is 9.47 Å². The molecule has 2 aromatic rings. The lowest BCUT2D eigenvalue weighted by atomic mass is 9.78. The summed E-state index contributed by atoms with van der Waals surface area (Å²) in [5, 5.41) is 1.34. The summed E-state index contributed by atoms with van der Waals surface area (Å²) < 4.78 is 2.19. The molecule has 1 saturated heterocycles. The van der Waals surface area contributed by atoms with Crippen LogP contribution in [0.5, 0.6) is 0 Å². The molecule has 2 aliphatic rings. The summed E-state index contributed by atoms with van der Waals surface area (Å²) in [6.45, 7) is 3.15. The number of hydrogen-bond donors (Lipinski definition) is 0. The molecule has 0 N–H and O–H groups in total. The van der Waals surface area contributed by atoms with Gasteiger partial charge in [0, 0.05) is 43.2 Å². The number of carbonyl (C=O) groups excluding carboxylic acids is 1. The van der Waals surface area contributed by atoms with E-state index >= 15 is 0 Å². The van der Waals surface area contributed by atoms with Crippen molar-refractivity contribution in [3.05, 3.63) is 35.5 Å². The minimum absolute atomic E-state index is 0.377. The molecular weight excluding hydrogens is 308 g/mol. The molecule has 1 aromatic heterocycles. The Balaban J connectivity index is 1.49. The lowest BCUT2D eigenvalue weighted by Crippen LogP contribution is -2.49. The van der Waals surface area contributed by atoms with Crippen LogP contribution in [0, 0.1) is 12.8 Å². The van der Waals surface area contributed by atoms with Crippen LogP contribution in [0.3, 0.4) is 0 Å². The fourth-order valence-corrected chi connectivity index (χ4v) is 5.24. The van der Waals surface area contributed by atoms with Crippen molar-refractivity contribution in [3.63, 3.8) is 0 Å². The fourth-order valence-electron chi connectivity index (χ4n) is 5.24. The first-order valence-electron chi connectivity index (χ1n) is 9.98. The molecule has 0 spiro atoms. The zero-order chi connectivity index (χ0) is 17.4. The fraction of sp³-hybridized carbons (Fsp3) is 0.591. The van der Waals surface area contributed by atoms with Crippen LogP contribution in [0.1, 0.15) is 56.1 Å². The number of likely N-dealkylation sites (tertiary alicyclic amines) is 1. The summed E-state index contributed by atoms with van der Waals surface area (Å²) in [6, 6.07) is 6.99. The highest BCUT2D eigenvalue weighted by Gasteiger charge is 2.35. The van der Waals surface area contributed by atoms with Gasteiger partial charge in [0.2, 0.25) is 5.91 Å². The Morgan fingerprint density at radius 3 is 2.84 bits per heavy atom. The first-order valence-corrected chi connectivity index (χ1v) is 9.98. The Hall–Kier alpha value is -1.77. The van der Waals surface area contributed by atoms with Gasteiger partial charge in [-0.3, -0.25) is 4.79 Å². The maximum atomic E-state index is 13.0. The maximum absolute atomic E-state index is 13.0. The second-order valence-electron chi connectivity index (χ2n) is 8.08. The van der Waals surface area contributed by atoms with Crippen molar-refractivity contribution in [2.45, 2.75) is 64.3 Å². The average Bonchev–Trinajstić information content (AvgIpc) is 2.96. The number of nitrogens with zero attached hydrogens (tertiary/aromatic N) is 2. The first kappa shape index (κ1) is 16.7. The van der Waals surface area contributed by atoms with Crippen LogP contribution in [0.15, 0.2) is 24.4 Å². The molecular formula is C22H30N2O. The van der Waals surface area contributed by atoms with Crippen LogP contribution in [-0.2, 0) is 18.3 Å². The lowest BCUT2D eigenvalue weighted by molar-refractivity contribution is -0.137. The first-order chi connectivity index (χ1) is 12.1. The summed E-state index contributed by atoms with van der Waals surface area (Å²) in [6.07, 6.45) is 11.5. The molecule has 2 unspecified atom stereocenters. The second kappa shape index (κ2) is 6.86. The van der Waals surface area contributed by atoms with Crippen LogP contribution >= 0.6 is 0 Å². The van der Waals surface area contributed by atoms with Gasteiger partial charge in [-0.05, 0) is 62.1 Å². The minimum atomic E-state index is 0.377. The molecule has 1 aliphatic heterocycles. The number of aryl methyl sites for hydroxylation is 3. The third-order valence-corrected chi connectivity index (χ3v) is 6.47. The zero-order valence-corrected chi connectivity index (χ0v) is 15.6. The molecule has 0 bridgehead atoms. The quantitative estimate of drug-likeness (QED) is 0.803. The highest BCUT2D eigenvalue weighted by atomic mass is 16.2. The van der Waals surface area contributed by atoms with E-state index in [0.717, 1.165) is 18.9 Å². The topological polar surface area (TPSA) is 25.2 Å². The Morgan fingerprint density at radius 1 is 1.16 bits per heavy atom. The summed E-state index contributed by atoms with van der Waals surface area (Å²) in [5.74, 6) is 1.15. The lowest BCUT2D eigenvalue weighted by Gasteiger charge is -2.44. The third-order valence-electron chi connectivity index (χ3n) is 6.47. The molecule has 134 valence electrons. The summed E-state index contributed by atoms with van der Waals surface area (Å²) >= 11 is 0. The van der Waals surface area contributed by atoms with Gasteiger partial charge in [-0.1, -0.05) is 25.0 Å².